The normalized spacial score (nSPS) is 16.0. The van der Waals surface area contributed by atoms with Crippen LogP contribution in [0.2, 0.25) is 0 Å². The second-order valence-electron chi connectivity index (χ2n) is 6.96. The largest absolute Gasteiger partial charge is 0.493 e. The quantitative estimate of drug-likeness (QED) is 0.714. The fraction of sp³-hybridized carbons (Fsp3) is 0.381. The summed E-state index contributed by atoms with van der Waals surface area (Å²) in [5.74, 6) is 1.20. The standard InChI is InChI=1S/C21H26N2O6S/c1-27-18-9-8-17(19(28-2)20(18)29-3)21(24)22-16-6-4-15(5-7-16)14-23-10-12-30(25,26)13-11-23/h4-9H,10-14H2,1-3H3,(H,22,24). The molecule has 0 radical (unpaired) electrons. The molecule has 2 aromatic carbocycles. The van der Waals surface area contributed by atoms with E-state index in [0.29, 0.717) is 48.1 Å². The zero-order valence-corrected chi connectivity index (χ0v) is 18.1. The number of benzene rings is 2. The number of nitrogens with zero attached hydrogens (tertiary/aromatic N) is 1. The van der Waals surface area contributed by atoms with Gasteiger partial charge in [-0.1, -0.05) is 12.1 Å². The highest BCUT2D eigenvalue weighted by atomic mass is 32.2. The van der Waals surface area contributed by atoms with Gasteiger partial charge in [-0.15, -0.1) is 0 Å². The van der Waals surface area contributed by atoms with Crippen LogP contribution in [0.1, 0.15) is 15.9 Å². The van der Waals surface area contributed by atoms with E-state index in [-0.39, 0.29) is 17.4 Å². The predicted octanol–water partition coefficient (Wildman–Crippen LogP) is 2.20. The van der Waals surface area contributed by atoms with Crippen LogP contribution in [-0.2, 0) is 16.4 Å². The molecule has 1 heterocycles. The Morgan fingerprint density at radius 2 is 1.57 bits per heavy atom. The molecule has 1 fully saturated rings. The molecule has 1 N–H and O–H groups in total. The van der Waals surface area contributed by atoms with E-state index in [2.05, 4.69) is 10.2 Å². The smallest absolute Gasteiger partial charge is 0.259 e. The summed E-state index contributed by atoms with van der Waals surface area (Å²) < 4.78 is 39.0. The Morgan fingerprint density at radius 1 is 0.933 bits per heavy atom. The summed E-state index contributed by atoms with van der Waals surface area (Å²) in [6.45, 7) is 1.76. The molecule has 0 atom stereocenters. The van der Waals surface area contributed by atoms with Crippen molar-refractivity contribution in [3.8, 4) is 17.2 Å². The molecule has 0 bridgehead atoms. The molecule has 1 saturated heterocycles. The van der Waals surface area contributed by atoms with Crippen LogP contribution in [0.4, 0.5) is 5.69 Å². The average molecular weight is 435 g/mol. The number of nitrogens with one attached hydrogen (secondary N) is 1. The minimum absolute atomic E-state index is 0.203. The Kier molecular flexibility index (Phi) is 6.84. The van der Waals surface area contributed by atoms with Gasteiger partial charge in [-0.05, 0) is 29.8 Å². The van der Waals surface area contributed by atoms with Gasteiger partial charge in [0.05, 0.1) is 38.4 Å². The van der Waals surface area contributed by atoms with E-state index in [0.717, 1.165) is 5.56 Å². The van der Waals surface area contributed by atoms with Crippen molar-refractivity contribution in [3.05, 3.63) is 47.5 Å². The van der Waals surface area contributed by atoms with Crippen LogP contribution in [0, 0.1) is 0 Å². The maximum atomic E-state index is 12.8. The van der Waals surface area contributed by atoms with Gasteiger partial charge in [-0.2, -0.15) is 0 Å². The molecule has 0 unspecified atom stereocenters. The van der Waals surface area contributed by atoms with Gasteiger partial charge in [0.15, 0.2) is 21.3 Å². The number of anilines is 1. The molecule has 0 saturated carbocycles. The fourth-order valence-electron chi connectivity index (χ4n) is 3.34. The van der Waals surface area contributed by atoms with Crippen LogP contribution in [0.25, 0.3) is 0 Å². The average Bonchev–Trinajstić information content (AvgIpc) is 2.75. The Morgan fingerprint density at radius 3 is 2.13 bits per heavy atom. The molecule has 0 aromatic heterocycles. The van der Waals surface area contributed by atoms with Crippen molar-refractivity contribution in [1.82, 2.24) is 4.90 Å². The molecule has 1 aliphatic rings. The zero-order valence-electron chi connectivity index (χ0n) is 17.3. The van der Waals surface area contributed by atoms with Crippen LogP contribution in [-0.4, -0.2) is 65.1 Å². The van der Waals surface area contributed by atoms with E-state index in [1.807, 2.05) is 24.3 Å². The highest BCUT2D eigenvalue weighted by Crippen LogP contribution is 2.39. The summed E-state index contributed by atoms with van der Waals surface area (Å²) in [6.07, 6.45) is 0. The third-order valence-electron chi connectivity index (χ3n) is 5.00. The van der Waals surface area contributed by atoms with Gasteiger partial charge in [-0.3, -0.25) is 9.69 Å². The zero-order chi connectivity index (χ0) is 21.7. The molecule has 0 spiro atoms. The summed E-state index contributed by atoms with van der Waals surface area (Å²) in [6, 6.07) is 10.8. The summed E-state index contributed by atoms with van der Waals surface area (Å²) >= 11 is 0. The molecule has 1 aliphatic heterocycles. The van der Waals surface area contributed by atoms with Crippen LogP contribution in [0.5, 0.6) is 17.2 Å². The molecule has 2 aromatic rings. The van der Waals surface area contributed by atoms with E-state index in [4.69, 9.17) is 14.2 Å². The van der Waals surface area contributed by atoms with Gasteiger partial charge in [-0.25, -0.2) is 8.42 Å². The maximum absolute atomic E-state index is 12.8. The number of rotatable bonds is 7. The number of sulfone groups is 1. The molecule has 30 heavy (non-hydrogen) atoms. The SMILES string of the molecule is COc1ccc(C(=O)Nc2ccc(CN3CCS(=O)(=O)CC3)cc2)c(OC)c1OC. The van der Waals surface area contributed by atoms with Gasteiger partial charge in [0.25, 0.3) is 5.91 Å². The number of carbonyl (C=O) groups is 1. The first-order valence-corrected chi connectivity index (χ1v) is 11.3. The van der Waals surface area contributed by atoms with Crippen molar-refractivity contribution in [2.75, 3.05) is 51.2 Å². The van der Waals surface area contributed by atoms with Crippen molar-refractivity contribution in [2.24, 2.45) is 0 Å². The molecule has 9 heteroatoms. The molecule has 8 nitrogen and oxygen atoms in total. The van der Waals surface area contributed by atoms with Gasteiger partial charge in [0, 0.05) is 25.3 Å². The van der Waals surface area contributed by atoms with E-state index in [1.165, 1.54) is 21.3 Å². The summed E-state index contributed by atoms with van der Waals surface area (Å²) in [4.78, 5) is 14.9. The summed E-state index contributed by atoms with van der Waals surface area (Å²) in [5.41, 5.74) is 2.02. The second kappa shape index (κ2) is 9.36. The Labute approximate surface area is 176 Å². The van der Waals surface area contributed by atoms with Crippen LogP contribution < -0.4 is 19.5 Å². The summed E-state index contributed by atoms with van der Waals surface area (Å²) in [5, 5.41) is 2.86. The van der Waals surface area contributed by atoms with Gasteiger partial charge in [0.2, 0.25) is 5.75 Å². The number of amides is 1. The number of methoxy groups -OCH3 is 3. The Balaban J connectivity index is 1.68. The molecule has 0 aliphatic carbocycles. The molecule has 162 valence electrons. The number of carbonyl (C=O) groups excluding carboxylic acids is 1. The molecular weight excluding hydrogens is 408 g/mol. The van der Waals surface area contributed by atoms with Crippen LogP contribution in [0.15, 0.2) is 36.4 Å². The van der Waals surface area contributed by atoms with Crippen molar-refractivity contribution >= 4 is 21.4 Å². The third kappa shape index (κ3) is 5.03. The lowest BCUT2D eigenvalue weighted by atomic mass is 10.1. The fourth-order valence-corrected chi connectivity index (χ4v) is 4.62. The molecular formula is C21H26N2O6S. The van der Waals surface area contributed by atoms with Crippen LogP contribution >= 0.6 is 0 Å². The number of ether oxygens (including phenoxy) is 3. The maximum Gasteiger partial charge on any atom is 0.259 e. The Bertz CT molecular complexity index is 991. The van der Waals surface area contributed by atoms with Gasteiger partial charge >= 0.3 is 0 Å². The monoisotopic (exact) mass is 434 g/mol. The minimum atomic E-state index is -2.89. The van der Waals surface area contributed by atoms with E-state index >= 15 is 0 Å². The minimum Gasteiger partial charge on any atom is -0.493 e. The topological polar surface area (TPSA) is 94.2 Å². The van der Waals surface area contributed by atoms with Crippen LogP contribution in [0.3, 0.4) is 0 Å². The third-order valence-corrected chi connectivity index (χ3v) is 6.61. The lowest BCUT2D eigenvalue weighted by Gasteiger charge is -2.26. The number of hydrogen-bond donors (Lipinski definition) is 1. The van der Waals surface area contributed by atoms with Crippen molar-refractivity contribution in [2.45, 2.75) is 6.54 Å². The number of hydrogen-bond acceptors (Lipinski definition) is 7. The molecule has 1 amide bonds. The van der Waals surface area contributed by atoms with Gasteiger partial charge < -0.3 is 19.5 Å². The van der Waals surface area contributed by atoms with E-state index < -0.39 is 9.84 Å². The van der Waals surface area contributed by atoms with Crippen molar-refractivity contribution in [3.63, 3.8) is 0 Å². The van der Waals surface area contributed by atoms with Crippen molar-refractivity contribution < 1.29 is 27.4 Å². The first kappa shape index (κ1) is 21.9. The lowest BCUT2D eigenvalue weighted by Crippen LogP contribution is -2.39. The first-order chi connectivity index (χ1) is 14.4. The highest BCUT2D eigenvalue weighted by molar-refractivity contribution is 7.91. The first-order valence-electron chi connectivity index (χ1n) is 9.49. The molecule has 3 rings (SSSR count). The van der Waals surface area contributed by atoms with Crippen molar-refractivity contribution in [1.29, 1.82) is 0 Å². The highest BCUT2D eigenvalue weighted by Gasteiger charge is 2.22. The van der Waals surface area contributed by atoms with E-state index in [1.54, 1.807) is 12.1 Å². The Hall–Kier alpha value is -2.78. The predicted molar refractivity (Wildman–Crippen MR) is 114 cm³/mol. The summed E-state index contributed by atoms with van der Waals surface area (Å²) in [7, 11) is 1.58. The van der Waals surface area contributed by atoms with Gasteiger partial charge in [0.1, 0.15) is 0 Å². The lowest BCUT2D eigenvalue weighted by molar-refractivity contribution is 0.102. The van der Waals surface area contributed by atoms with E-state index in [9.17, 15) is 13.2 Å². The second-order valence-corrected chi connectivity index (χ2v) is 9.26.